The molecule has 5 nitrogen and oxygen atoms in total. The molecule has 1 aliphatic rings. The molecule has 0 saturated carbocycles. The van der Waals surface area contributed by atoms with Gasteiger partial charge in [-0.1, -0.05) is 30.3 Å². The lowest BCUT2D eigenvalue weighted by molar-refractivity contribution is -0.134. The molecular formula is C23H17ClO5. The summed E-state index contributed by atoms with van der Waals surface area (Å²) in [4.78, 5) is 25.1. The normalized spacial score (nSPS) is 15.1. The van der Waals surface area contributed by atoms with Gasteiger partial charge in [-0.2, -0.15) is 0 Å². The summed E-state index contributed by atoms with van der Waals surface area (Å²) in [5.74, 6) is 1.15. The van der Waals surface area contributed by atoms with E-state index < -0.39 is 11.3 Å². The molecule has 146 valence electrons. The van der Waals surface area contributed by atoms with Gasteiger partial charge in [0.15, 0.2) is 11.1 Å². The second-order valence-corrected chi connectivity index (χ2v) is 7.13. The van der Waals surface area contributed by atoms with Crippen LogP contribution in [0.15, 0.2) is 64.8 Å². The molecule has 0 bridgehead atoms. The number of aryl methyl sites for hydroxylation is 2. The number of ether oxygens (including phenoxy) is 2. The van der Waals surface area contributed by atoms with Crippen LogP contribution in [-0.2, 0) is 4.79 Å². The smallest absolute Gasteiger partial charge is 0.334 e. The van der Waals surface area contributed by atoms with Crippen molar-refractivity contribution in [2.45, 2.75) is 19.2 Å². The number of alkyl halides is 1. The van der Waals surface area contributed by atoms with E-state index in [-0.39, 0.29) is 17.3 Å². The third-order valence-electron chi connectivity index (χ3n) is 4.50. The zero-order valence-electron chi connectivity index (χ0n) is 15.8. The molecule has 0 radical (unpaired) electrons. The van der Waals surface area contributed by atoms with Gasteiger partial charge in [-0.25, -0.2) is 4.79 Å². The first-order chi connectivity index (χ1) is 13.9. The Balaban J connectivity index is 1.57. The van der Waals surface area contributed by atoms with Gasteiger partial charge in [0.2, 0.25) is 5.78 Å². The number of carbonyl (C=O) groups excluding carboxylic acids is 2. The average Bonchev–Trinajstić information content (AvgIpc) is 3.25. The molecular weight excluding hydrogens is 392 g/mol. The highest BCUT2D eigenvalue weighted by atomic mass is 35.5. The number of Topliss-reactive ketones (excluding diaryl/α,β-unsaturated/α-hetero) is 1. The third kappa shape index (κ3) is 3.82. The van der Waals surface area contributed by atoms with Crippen molar-refractivity contribution in [2.75, 3.05) is 0 Å². The molecule has 2 aromatic carbocycles. The largest absolute Gasteiger partial charge is 0.462 e. The Morgan fingerprint density at radius 2 is 1.86 bits per heavy atom. The van der Waals surface area contributed by atoms with Gasteiger partial charge in [0.05, 0.1) is 5.56 Å². The lowest BCUT2D eigenvalue weighted by Crippen LogP contribution is -2.14. The van der Waals surface area contributed by atoms with Crippen molar-refractivity contribution in [3.05, 3.63) is 88.6 Å². The zero-order valence-corrected chi connectivity index (χ0v) is 16.5. The highest BCUT2D eigenvalue weighted by Crippen LogP contribution is 2.38. The number of esters is 1. The SMILES string of the molecule is Cc1ccc(/C=C2\Oc3cc(OC(=O)C(Cl)c4ccccc4)cc(C)c3C2=O)o1. The number of hydrogen-bond acceptors (Lipinski definition) is 5. The fraction of sp³-hybridized carbons (Fsp3) is 0.130. The van der Waals surface area contributed by atoms with Crippen molar-refractivity contribution in [2.24, 2.45) is 0 Å². The van der Waals surface area contributed by atoms with Crippen LogP contribution in [0.5, 0.6) is 11.5 Å². The molecule has 2 heterocycles. The summed E-state index contributed by atoms with van der Waals surface area (Å²) in [6, 6.07) is 15.6. The standard InChI is InChI=1S/C23H17ClO5/c1-13-10-17(28-23(26)21(24)15-6-4-3-5-7-15)12-18-20(13)22(25)19(29-18)11-16-9-8-14(2)27-16/h3-12,21H,1-2H3/b19-11-. The minimum atomic E-state index is -0.940. The van der Waals surface area contributed by atoms with E-state index in [1.54, 1.807) is 55.5 Å². The number of rotatable bonds is 4. The van der Waals surface area contributed by atoms with Crippen LogP contribution in [-0.4, -0.2) is 11.8 Å². The Kier molecular flexibility index (Phi) is 4.99. The molecule has 3 aromatic rings. The van der Waals surface area contributed by atoms with Crippen molar-refractivity contribution >= 4 is 29.4 Å². The van der Waals surface area contributed by atoms with Crippen LogP contribution in [0.25, 0.3) is 6.08 Å². The van der Waals surface area contributed by atoms with Crippen LogP contribution in [0.2, 0.25) is 0 Å². The molecule has 0 N–H and O–H groups in total. The number of allylic oxidation sites excluding steroid dienone is 1. The van der Waals surface area contributed by atoms with Crippen LogP contribution in [0.1, 0.15) is 38.4 Å². The van der Waals surface area contributed by atoms with E-state index in [2.05, 4.69) is 0 Å². The Morgan fingerprint density at radius 1 is 1.10 bits per heavy atom. The van der Waals surface area contributed by atoms with Gasteiger partial charge in [-0.05, 0) is 43.2 Å². The lowest BCUT2D eigenvalue weighted by atomic mass is 10.0. The average molecular weight is 409 g/mol. The second-order valence-electron chi connectivity index (χ2n) is 6.70. The Labute approximate surface area is 172 Å². The highest BCUT2D eigenvalue weighted by Gasteiger charge is 2.31. The molecule has 1 aliphatic heterocycles. The Hall–Kier alpha value is -3.31. The van der Waals surface area contributed by atoms with E-state index in [9.17, 15) is 9.59 Å². The second kappa shape index (κ2) is 7.60. The molecule has 0 spiro atoms. The molecule has 1 unspecified atom stereocenters. The molecule has 0 amide bonds. The van der Waals surface area contributed by atoms with Gasteiger partial charge in [0.1, 0.15) is 23.0 Å². The van der Waals surface area contributed by atoms with E-state index >= 15 is 0 Å². The highest BCUT2D eigenvalue weighted by molar-refractivity contribution is 6.30. The maximum Gasteiger partial charge on any atom is 0.334 e. The summed E-state index contributed by atoms with van der Waals surface area (Å²) in [5, 5.41) is -0.940. The third-order valence-corrected chi connectivity index (χ3v) is 4.93. The molecule has 1 atom stereocenters. The fourth-order valence-corrected chi connectivity index (χ4v) is 3.31. The summed E-state index contributed by atoms with van der Waals surface area (Å²) >= 11 is 6.22. The topological polar surface area (TPSA) is 65.7 Å². The Morgan fingerprint density at radius 3 is 2.55 bits per heavy atom. The zero-order chi connectivity index (χ0) is 20.5. The number of carbonyl (C=O) groups is 2. The minimum Gasteiger partial charge on any atom is -0.462 e. The van der Waals surface area contributed by atoms with Crippen molar-refractivity contribution in [1.82, 2.24) is 0 Å². The van der Waals surface area contributed by atoms with E-state index in [0.29, 0.717) is 28.2 Å². The van der Waals surface area contributed by atoms with Crippen molar-refractivity contribution in [3.63, 3.8) is 0 Å². The maximum absolute atomic E-state index is 12.7. The number of halogens is 1. The molecule has 0 aliphatic carbocycles. The first-order valence-corrected chi connectivity index (χ1v) is 9.42. The number of furan rings is 1. The lowest BCUT2D eigenvalue weighted by Gasteiger charge is -2.11. The van der Waals surface area contributed by atoms with Crippen LogP contribution >= 0.6 is 11.6 Å². The summed E-state index contributed by atoms with van der Waals surface area (Å²) in [6.07, 6.45) is 1.55. The molecule has 29 heavy (non-hydrogen) atoms. The van der Waals surface area contributed by atoms with Gasteiger partial charge in [-0.3, -0.25) is 4.79 Å². The van der Waals surface area contributed by atoms with Gasteiger partial charge >= 0.3 is 5.97 Å². The molecule has 4 rings (SSSR count). The quantitative estimate of drug-likeness (QED) is 0.250. The van der Waals surface area contributed by atoms with Gasteiger partial charge in [0, 0.05) is 12.1 Å². The fourth-order valence-electron chi connectivity index (χ4n) is 3.12. The van der Waals surface area contributed by atoms with E-state index in [1.165, 1.54) is 6.07 Å². The van der Waals surface area contributed by atoms with Gasteiger partial charge < -0.3 is 13.9 Å². The maximum atomic E-state index is 12.7. The first kappa shape index (κ1) is 19.0. The van der Waals surface area contributed by atoms with Crippen LogP contribution in [0.4, 0.5) is 0 Å². The van der Waals surface area contributed by atoms with Crippen LogP contribution in [0.3, 0.4) is 0 Å². The van der Waals surface area contributed by atoms with Crippen LogP contribution in [0, 0.1) is 13.8 Å². The molecule has 6 heteroatoms. The minimum absolute atomic E-state index is 0.153. The Bertz CT molecular complexity index is 1130. The van der Waals surface area contributed by atoms with Gasteiger partial charge in [-0.15, -0.1) is 11.6 Å². The van der Waals surface area contributed by atoms with Crippen molar-refractivity contribution < 1.29 is 23.5 Å². The summed E-state index contributed by atoms with van der Waals surface area (Å²) in [7, 11) is 0. The number of benzene rings is 2. The summed E-state index contributed by atoms with van der Waals surface area (Å²) in [6.45, 7) is 3.57. The van der Waals surface area contributed by atoms with E-state index in [4.69, 9.17) is 25.5 Å². The molecule has 0 saturated heterocycles. The molecule has 1 aromatic heterocycles. The molecule has 0 fully saturated rings. The van der Waals surface area contributed by atoms with E-state index in [0.717, 1.165) is 5.76 Å². The predicted octanol–water partition coefficient (Wildman–Crippen LogP) is 5.40. The summed E-state index contributed by atoms with van der Waals surface area (Å²) < 4.78 is 16.6. The number of ketones is 1. The van der Waals surface area contributed by atoms with Crippen molar-refractivity contribution in [3.8, 4) is 11.5 Å². The van der Waals surface area contributed by atoms with E-state index in [1.807, 2.05) is 13.0 Å². The first-order valence-electron chi connectivity index (χ1n) is 8.98. The van der Waals surface area contributed by atoms with Crippen LogP contribution < -0.4 is 9.47 Å². The number of hydrogen-bond donors (Lipinski definition) is 0. The predicted molar refractivity (Wildman–Crippen MR) is 108 cm³/mol. The monoisotopic (exact) mass is 408 g/mol. The van der Waals surface area contributed by atoms with Gasteiger partial charge in [0.25, 0.3) is 0 Å². The summed E-state index contributed by atoms with van der Waals surface area (Å²) in [5.41, 5.74) is 1.72. The number of fused-ring (bicyclic) bond motifs is 1. The van der Waals surface area contributed by atoms with Crippen molar-refractivity contribution in [1.29, 1.82) is 0 Å².